The zero-order valence-electron chi connectivity index (χ0n) is 10.2. The van der Waals surface area contributed by atoms with Crippen molar-refractivity contribution in [3.63, 3.8) is 0 Å². The van der Waals surface area contributed by atoms with Gasteiger partial charge in [-0.1, -0.05) is 6.92 Å². The molecular formula is C11H21N3O2. The van der Waals surface area contributed by atoms with Crippen LogP contribution in [0.15, 0.2) is 4.42 Å². The van der Waals surface area contributed by atoms with Crippen LogP contribution in [0.25, 0.3) is 0 Å². The van der Waals surface area contributed by atoms with Gasteiger partial charge >= 0.3 is 0 Å². The zero-order valence-corrected chi connectivity index (χ0v) is 10.2. The molecule has 1 rings (SSSR count). The number of aryl methyl sites for hydroxylation is 2. The molecule has 1 aromatic rings. The highest BCUT2D eigenvalue weighted by Crippen LogP contribution is 2.04. The van der Waals surface area contributed by atoms with Gasteiger partial charge in [0.15, 0.2) is 0 Å². The molecule has 0 aliphatic carbocycles. The van der Waals surface area contributed by atoms with Crippen LogP contribution in [0.3, 0.4) is 0 Å². The summed E-state index contributed by atoms with van der Waals surface area (Å²) in [5.41, 5.74) is 0. The lowest BCUT2D eigenvalue weighted by Crippen LogP contribution is -2.14. The monoisotopic (exact) mass is 227 g/mol. The second-order valence-electron chi connectivity index (χ2n) is 3.64. The van der Waals surface area contributed by atoms with Crippen molar-refractivity contribution in [3.05, 3.63) is 11.8 Å². The van der Waals surface area contributed by atoms with E-state index in [1.54, 1.807) is 7.11 Å². The van der Waals surface area contributed by atoms with E-state index in [0.29, 0.717) is 0 Å². The number of hydrogen-bond acceptors (Lipinski definition) is 5. The maximum absolute atomic E-state index is 5.50. The molecule has 0 fully saturated rings. The summed E-state index contributed by atoms with van der Waals surface area (Å²) in [5, 5.41) is 11.3. The van der Waals surface area contributed by atoms with Crippen molar-refractivity contribution >= 4 is 0 Å². The Kier molecular flexibility index (Phi) is 6.76. The molecule has 1 heterocycles. The summed E-state index contributed by atoms with van der Waals surface area (Å²) in [6.45, 7) is 4.84. The smallest absolute Gasteiger partial charge is 0.216 e. The van der Waals surface area contributed by atoms with Crippen LogP contribution in [0.2, 0.25) is 0 Å². The predicted octanol–water partition coefficient (Wildman–Crippen LogP) is 1.19. The molecule has 0 spiro atoms. The van der Waals surface area contributed by atoms with Gasteiger partial charge < -0.3 is 14.5 Å². The van der Waals surface area contributed by atoms with Crippen LogP contribution in [0, 0.1) is 0 Å². The van der Waals surface area contributed by atoms with E-state index < -0.39 is 0 Å². The van der Waals surface area contributed by atoms with Gasteiger partial charge in [0.2, 0.25) is 11.8 Å². The fourth-order valence-corrected chi connectivity index (χ4v) is 1.40. The van der Waals surface area contributed by atoms with E-state index in [0.717, 1.165) is 57.2 Å². The van der Waals surface area contributed by atoms with Gasteiger partial charge in [0.25, 0.3) is 0 Å². The first-order valence-corrected chi connectivity index (χ1v) is 5.87. The summed E-state index contributed by atoms with van der Waals surface area (Å²) in [4.78, 5) is 0. The first kappa shape index (κ1) is 13.1. The number of hydrogen-bond donors (Lipinski definition) is 1. The average molecular weight is 227 g/mol. The molecule has 0 unspecified atom stereocenters. The van der Waals surface area contributed by atoms with Crippen LogP contribution in [0.5, 0.6) is 0 Å². The summed E-state index contributed by atoms with van der Waals surface area (Å²) in [5.74, 6) is 1.46. The van der Waals surface area contributed by atoms with Crippen LogP contribution in [0.4, 0.5) is 0 Å². The van der Waals surface area contributed by atoms with Crippen molar-refractivity contribution in [2.45, 2.75) is 32.6 Å². The standard InChI is InChI=1S/C11H21N3O2/c1-3-12-8-4-6-10-13-14-11(16-10)7-5-9-15-2/h12H,3-9H2,1-2H3. The highest BCUT2D eigenvalue weighted by atomic mass is 16.5. The maximum Gasteiger partial charge on any atom is 0.216 e. The van der Waals surface area contributed by atoms with Gasteiger partial charge in [0, 0.05) is 26.6 Å². The van der Waals surface area contributed by atoms with E-state index in [-0.39, 0.29) is 0 Å². The van der Waals surface area contributed by atoms with Crippen molar-refractivity contribution in [2.75, 3.05) is 26.8 Å². The average Bonchev–Trinajstić information content (AvgIpc) is 2.73. The minimum Gasteiger partial charge on any atom is -0.425 e. The minimum atomic E-state index is 0.718. The van der Waals surface area contributed by atoms with E-state index in [1.807, 2.05) is 0 Å². The Balaban J connectivity index is 2.17. The Morgan fingerprint density at radius 3 is 2.50 bits per heavy atom. The van der Waals surface area contributed by atoms with Crippen molar-refractivity contribution in [1.82, 2.24) is 15.5 Å². The molecule has 5 nitrogen and oxygen atoms in total. The van der Waals surface area contributed by atoms with Gasteiger partial charge in [0.1, 0.15) is 0 Å². The van der Waals surface area contributed by atoms with Gasteiger partial charge in [-0.2, -0.15) is 0 Å². The van der Waals surface area contributed by atoms with Crippen LogP contribution < -0.4 is 5.32 Å². The van der Waals surface area contributed by atoms with Crippen molar-refractivity contribution in [2.24, 2.45) is 0 Å². The number of nitrogens with one attached hydrogen (secondary N) is 1. The SMILES string of the molecule is CCNCCCc1nnc(CCCOC)o1. The quantitative estimate of drug-likeness (QED) is 0.642. The Labute approximate surface area is 96.6 Å². The van der Waals surface area contributed by atoms with Crippen molar-refractivity contribution in [1.29, 1.82) is 0 Å². The van der Waals surface area contributed by atoms with E-state index in [9.17, 15) is 0 Å². The second-order valence-corrected chi connectivity index (χ2v) is 3.64. The molecule has 16 heavy (non-hydrogen) atoms. The lowest BCUT2D eigenvalue weighted by atomic mass is 10.3. The molecule has 0 aliphatic rings. The summed E-state index contributed by atoms with van der Waals surface area (Å²) in [6.07, 6.45) is 3.61. The molecular weight excluding hydrogens is 206 g/mol. The van der Waals surface area contributed by atoms with Gasteiger partial charge in [-0.05, 0) is 25.9 Å². The Hall–Kier alpha value is -0.940. The number of ether oxygens (including phenoxy) is 1. The van der Waals surface area contributed by atoms with E-state index in [2.05, 4.69) is 22.4 Å². The molecule has 0 bridgehead atoms. The first-order chi connectivity index (χ1) is 7.86. The number of nitrogens with zero attached hydrogens (tertiary/aromatic N) is 2. The summed E-state index contributed by atoms with van der Waals surface area (Å²) in [7, 11) is 1.69. The van der Waals surface area contributed by atoms with E-state index in [1.165, 1.54) is 0 Å². The third kappa shape index (κ3) is 5.23. The molecule has 0 saturated heterocycles. The highest BCUT2D eigenvalue weighted by molar-refractivity contribution is 4.82. The normalized spacial score (nSPS) is 10.9. The number of rotatable bonds is 9. The minimum absolute atomic E-state index is 0.718. The lowest BCUT2D eigenvalue weighted by molar-refractivity contribution is 0.192. The van der Waals surface area contributed by atoms with Gasteiger partial charge in [-0.15, -0.1) is 10.2 Å². The molecule has 1 aromatic heterocycles. The van der Waals surface area contributed by atoms with Crippen LogP contribution in [-0.2, 0) is 17.6 Å². The summed E-state index contributed by atoms with van der Waals surface area (Å²) < 4.78 is 10.5. The van der Waals surface area contributed by atoms with Gasteiger partial charge in [-0.25, -0.2) is 0 Å². The Bertz CT molecular complexity index is 276. The lowest BCUT2D eigenvalue weighted by Gasteiger charge is -1.97. The molecule has 0 radical (unpaired) electrons. The molecule has 0 atom stereocenters. The Morgan fingerprint density at radius 2 is 1.88 bits per heavy atom. The fourth-order valence-electron chi connectivity index (χ4n) is 1.40. The number of methoxy groups -OCH3 is 1. The first-order valence-electron chi connectivity index (χ1n) is 5.87. The number of aromatic nitrogens is 2. The van der Waals surface area contributed by atoms with Crippen LogP contribution in [0.1, 0.15) is 31.5 Å². The predicted molar refractivity (Wildman–Crippen MR) is 61.4 cm³/mol. The molecule has 0 aliphatic heterocycles. The zero-order chi connectivity index (χ0) is 11.6. The van der Waals surface area contributed by atoms with Crippen LogP contribution >= 0.6 is 0 Å². The van der Waals surface area contributed by atoms with E-state index in [4.69, 9.17) is 9.15 Å². The maximum atomic E-state index is 5.50. The third-order valence-electron chi connectivity index (χ3n) is 2.24. The fraction of sp³-hybridized carbons (Fsp3) is 0.818. The molecule has 5 heteroatoms. The van der Waals surface area contributed by atoms with Crippen molar-refractivity contribution < 1.29 is 9.15 Å². The summed E-state index contributed by atoms with van der Waals surface area (Å²) in [6, 6.07) is 0. The van der Waals surface area contributed by atoms with E-state index >= 15 is 0 Å². The largest absolute Gasteiger partial charge is 0.425 e. The highest BCUT2D eigenvalue weighted by Gasteiger charge is 2.05. The topological polar surface area (TPSA) is 60.2 Å². The molecule has 1 N–H and O–H groups in total. The van der Waals surface area contributed by atoms with Crippen LogP contribution in [-0.4, -0.2) is 37.0 Å². The van der Waals surface area contributed by atoms with Crippen molar-refractivity contribution in [3.8, 4) is 0 Å². The molecule has 92 valence electrons. The van der Waals surface area contributed by atoms with Gasteiger partial charge in [-0.3, -0.25) is 0 Å². The second kappa shape index (κ2) is 8.24. The molecule has 0 aromatic carbocycles. The van der Waals surface area contributed by atoms with Gasteiger partial charge in [0.05, 0.1) is 0 Å². The molecule has 0 saturated carbocycles. The summed E-state index contributed by atoms with van der Waals surface area (Å²) >= 11 is 0. The Morgan fingerprint density at radius 1 is 1.19 bits per heavy atom. The molecule has 0 amide bonds. The third-order valence-corrected chi connectivity index (χ3v) is 2.24.